The quantitative estimate of drug-likeness (QED) is 0.748. The maximum Gasteiger partial charge on any atom is 0.175 e. The lowest BCUT2D eigenvalue weighted by Crippen LogP contribution is -1.99. The van der Waals surface area contributed by atoms with Gasteiger partial charge < -0.3 is 9.94 Å². The van der Waals surface area contributed by atoms with Crippen molar-refractivity contribution in [3.8, 4) is 11.4 Å². The van der Waals surface area contributed by atoms with Gasteiger partial charge in [0.05, 0.1) is 6.61 Å². The fourth-order valence-corrected chi connectivity index (χ4v) is 1.49. The Morgan fingerprint density at radius 3 is 3.21 bits per heavy atom. The molecule has 0 atom stereocenters. The molecule has 0 aromatic heterocycles. The molecular weight excluding hydrogens is 180 g/mol. The predicted octanol–water partition coefficient (Wildman–Crippen LogP) is 1.41. The van der Waals surface area contributed by atoms with Gasteiger partial charge in [-0.3, -0.25) is 0 Å². The zero-order valence-electron chi connectivity index (χ0n) is 7.97. The highest BCUT2D eigenvalue weighted by molar-refractivity contribution is 5.62. The van der Waals surface area contributed by atoms with E-state index in [-0.39, 0.29) is 0 Å². The monoisotopic (exact) mass is 192 g/mol. The average molecular weight is 192 g/mol. The molecule has 0 aromatic rings. The number of aromatic nitrogens is 2. The van der Waals surface area contributed by atoms with E-state index in [0.29, 0.717) is 12.4 Å². The molecule has 0 aliphatic carbocycles. The Bertz CT molecular complexity index is 397. The Labute approximate surface area is 82.1 Å². The van der Waals surface area contributed by atoms with E-state index in [9.17, 15) is 5.21 Å². The second-order valence-electron chi connectivity index (χ2n) is 3.12. The minimum absolute atomic E-state index is 0.596. The van der Waals surface area contributed by atoms with E-state index in [1.54, 1.807) is 25.6 Å². The molecule has 0 bridgehead atoms. The first kappa shape index (κ1) is 9.02. The summed E-state index contributed by atoms with van der Waals surface area (Å²) in [6, 6.07) is 3.74. The topological polar surface area (TPSA) is 47.3 Å². The molecular formula is C10H12N2O2. The van der Waals surface area contributed by atoms with Crippen molar-refractivity contribution in [1.82, 2.24) is 9.71 Å². The Morgan fingerprint density at radius 2 is 2.43 bits per heavy atom. The van der Waals surface area contributed by atoms with Gasteiger partial charge in [0, 0.05) is 25.1 Å². The molecule has 0 fully saturated rings. The predicted molar refractivity (Wildman–Crippen MR) is 51.6 cm³/mol. The summed E-state index contributed by atoms with van der Waals surface area (Å²) in [6.07, 6.45) is 4.16. The van der Waals surface area contributed by atoms with Gasteiger partial charge in [0.25, 0.3) is 0 Å². The highest BCUT2D eigenvalue weighted by atomic mass is 16.5. The highest BCUT2D eigenvalue weighted by Gasteiger charge is 2.12. The first-order valence-corrected chi connectivity index (χ1v) is 4.46. The van der Waals surface area contributed by atoms with Crippen LogP contribution in [0.1, 0.15) is 5.56 Å². The van der Waals surface area contributed by atoms with Gasteiger partial charge in [0.15, 0.2) is 5.82 Å². The summed E-state index contributed by atoms with van der Waals surface area (Å²) in [5.74, 6) is 0.596. The van der Waals surface area contributed by atoms with Crippen LogP contribution in [0.25, 0.3) is 11.4 Å². The lowest BCUT2D eigenvalue weighted by molar-refractivity contribution is 0.186. The van der Waals surface area contributed by atoms with Crippen molar-refractivity contribution in [2.24, 2.45) is 0 Å². The van der Waals surface area contributed by atoms with Gasteiger partial charge in [-0.05, 0) is 24.1 Å². The maximum atomic E-state index is 9.43. The van der Waals surface area contributed by atoms with Crippen molar-refractivity contribution < 1.29 is 9.94 Å². The van der Waals surface area contributed by atoms with Crippen LogP contribution < -0.4 is 0 Å². The number of hydrogen-bond acceptors (Lipinski definition) is 3. The third-order valence-electron chi connectivity index (χ3n) is 2.21. The van der Waals surface area contributed by atoms with Crippen LogP contribution in [-0.4, -0.2) is 28.6 Å². The Hall–Kier alpha value is -1.55. The number of fused-ring (bicyclic) bond motifs is 1. The lowest BCUT2D eigenvalue weighted by atomic mass is 10.1. The molecule has 4 nitrogen and oxygen atoms in total. The van der Waals surface area contributed by atoms with Crippen LogP contribution in [0.15, 0.2) is 24.5 Å². The van der Waals surface area contributed by atoms with E-state index in [2.05, 4.69) is 4.98 Å². The largest absolute Gasteiger partial charge is 0.427 e. The second-order valence-corrected chi connectivity index (χ2v) is 3.12. The van der Waals surface area contributed by atoms with Crippen molar-refractivity contribution in [1.29, 1.82) is 0 Å². The Morgan fingerprint density at radius 1 is 1.57 bits per heavy atom. The fraction of sp³-hybridized carbons (Fsp3) is 0.300. The number of nitrogens with zero attached hydrogens (tertiary/aromatic N) is 2. The first-order valence-electron chi connectivity index (χ1n) is 4.46. The minimum atomic E-state index is 0.596. The van der Waals surface area contributed by atoms with Gasteiger partial charge in [-0.15, -0.1) is 0 Å². The molecule has 0 amide bonds. The van der Waals surface area contributed by atoms with Gasteiger partial charge in [-0.1, -0.05) is 0 Å². The summed E-state index contributed by atoms with van der Waals surface area (Å²) < 4.78 is 6.03. The second kappa shape index (κ2) is 3.67. The molecule has 0 saturated carbocycles. The third-order valence-corrected chi connectivity index (χ3v) is 2.21. The van der Waals surface area contributed by atoms with Crippen LogP contribution in [0.3, 0.4) is 0 Å². The van der Waals surface area contributed by atoms with Gasteiger partial charge in [-0.25, -0.2) is 4.98 Å². The van der Waals surface area contributed by atoms with Crippen molar-refractivity contribution >= 4 is 0 Å². The highest BCUT2D eigenvalue weighted by Crippen LogP contribution is 2.24. The molecule has 2 heterocycles. The molecule has 14 heavy (non-hydrogen) atoms. The SMILES string of the molecule is COCCc1cnc2n(O)cccc1-2. The molecule has 74 valence electrons. The van der Waals surface area contributed by atoms with Crippen LogP contribution in [0.5, 0.6) is 0 Å². The standard InChI is InChI=1S/C10H12N2O2/c1-14-6-4-8-7-11-10-9(8)3-2-5-12(10)13/h2-3,5,7,13H,4,6H2,1H3. The third kappa shape index (κ3) is 1.44. The van der Waals surface area contributed by atoms with Crippen LogP contribution in [-0.2, 0) is 11.2 Å². The number of methoxy groups -OCH3 is 1. The summed E-state index contributed by atoms with van der Waals surface area (Å²) in [5, 5.41) is 9.43. The van der Waals surface area contributed by atoms with E-state index >= 15 is 0 Å². The van der Waals surface area contributed by atoms with Crippen molar-refractivity contribution in [2.45, 2.75) is 6.42 Å². The van der Waals surface area contributed by atoms with Gasteiger partial charge in [0.1, 0.15) is 0 Å². The minimum Gasteiger partial charge on any atom is -0.427 e. The summed E-state index contributed by atoms with van der Waals surface area (Å²) in [7, 11) is 1.67. The number of ether oxygens (including phenoxy) is 1. The molecule has 0 aromatic carbocycles. The van der Waals surface area contributed by atoms with Crippen LogP contribution in [0.4, 0.5) is 0 Å². The molecule has 2 aliphatic heterocycles. The van der Waals surface area contributed by atoms with Crippen LogP contribution in [0.2, 0.25) is 0 Å². The van der Waals surface area contributed by atoms with E-state index in [1.165, 1.54) is 0 Å². The van der Waals surface area contributed by atoms with Crippen LogP contribution in [0, 0.1) is 0 Å². The van der Waals surface area contributed by atoms with E-state index < -0.39 is 0 Å². The van der Waals surface area contributed by atoms with E-state index in [0.717, 1.165) is 22.3 Å². The summed E-state index contributed by atoms with van der Waals surface area (Å²) >= 11 is 0. The van der Waals surface area contributed by atoms with Crippen molar-refractivity contribution in [3.63, 3.8) is 0 Å². The summed E-state index contributed by atoms with van der Waals surface area (Å²) in [5.41, 5.74) is 2.08. The molecule has 4 heteroatoms. The number of rotatable bonds is 3. The molecule has 1 N–H and O–H groups in total. The maximum absolute atomic E-state index is 9.43. The van der Waals surface area contributed by atoms with Gasteiger partial charge in [0.2, 0.25) is 0 Å². The van der Waals surface area contributed by atoms with Gasteiger partial charge >= 0.3 is 0 Å². The summed E-state index contributed by atoms with van der Waals surface area (Å²) in [6.45, 7) is 0.668. The fourth-order valence-electron chi connectivity index (χ4n) is 1.49. The van der Waals surface area contributed by atoms with Gasteiger partial charge in [-0.2, -0.15) is 4.73 Å². The number of hydrogen-bond donors (Lipinski definition) is 1. The molecule has 0 unspecified atom stereocenters. The molecule has 0 radical (unpaired) electrons. The first-order chi connectivity index (χ1) is 6.83. The normalized spacial score (nSPS) is 10.9. The average Bonchev–Trinajstić information content (AvgIpc) is 2.60. The summed E-state index contributed by atoms with van der Waals surface area (Å²) in [4.78, 5) is 4.13. The molecule has 0 spiro atoms. The number of pyridine rings is 1. The van der Waals surface area contributed by atoms with Crippen molar-refractivity contribution in [3.05, 3.63) is 30.1 Å². The Kier molecular flexibility index (Phi) is 2.37. The molecule has 2 aliphatic rings. The zero-order valence-corrected chi connectivity index (χ0v) is 7.97. The lowest BCUT2D eigenvalue weighted by Gasteiger charge is -2.04. The molecule has 0 saturated heterocycles. The smallest absolute Gasteiger partial charge is 0.175 e. The van der Waals surface area contributed by atoms with E-state index in [4.69, 9.17) is 4.74 Å². The van der Waals surface area contributed by atoms with Crippen molar-refractivity contribution in [2.75, 3.05) is 13.7 Å². The van der Waals surface area contributed by atoms with Crippen LogP contribution >= 0.6 is 0 Å². The molecule has 2 rings (SSSR count). The van der Waals surface area contributed by atoms with E-state index in [1.807, 2.05) is 6.07 Å². The zero-order chi connectivity index (χ0) is 9.97. The Balaban J connectivity index is 2.34.